The van der Waals surface area contributed by atoms with Crippen LogP contribution in [0.3, 0.4) is 0 Å². The van der Waals surface area contributed by atoms with Gasteiger partial charge in [-0.15, -0.1) is 0 Å². The van der Waals surface area contributed by atoms with Crippen LogP contribution in [-0.2, 0) is 0 Å². The minimum atomic E-state index is 0.149. The molecule has 3 rings (SSSR count). The van der Waals surface area contributed by atoms with Gasteiger partial charge in [0.05, 0.1) is 24.3 Å². The standard InChI is InChI=1S/C15H15N5/c1-11(13-3-2-5-17-8-13)20-10-18-9-14(20)12-4-6-19-15(16)7-12/h2-11H,1H3,(H2,16,19). The second-order valence-corrected chi connectivity index (χ2v) is 4.62. The maximum absolute atomic E-state index is 5.75. The van der Waals surface area contributed by atoms with Crippen molar-refractivity contribution in [2.24, 2.45) is 0 Å². The van der Waals surface area contributed by atoms with Crippen molar-refractivity contribution in [1.29, 1.82) is 0 Å². The Morgan fingerprint density at radius 3 is 2.80 bits per heavy atom. The summed E-state index contributed by atoms with van der Waals surface area (Å²) in [7, 11) is 0. The van der Waals surface area contributed by atoms with E-state index in [2.05, 4.69) is 32.5 Å². The van der Waals surface area contributed by atoms with Gasteiger partial charge in [0.1, 0.15) is 5.82 Å². The van der Waals surface area contributed by atoms with E-state index in [-0.39, 0.29) is 6.04 Å². The lowest BCUT2D eigenvalue weighted by Gasteiger charge is -2.16. The predicted octanol–water partition coefficient (Wildman–Crippen LogP) is 2.53. The Balaban J connectivity index is 2.03. The molecule has 0 saturated heterocycles. The predicted molar refractivity (Wildman–Crippen MR) is 77.9 cm³/mol. The molecule has 0 aliphatic heterocycles. The Bertz CT molecular complexity index is 705. The molecule has 5 heteroatoms. The number of hydrogen-bond donors (Lipinski definition) is 1. The summed E-state index contributed by atoms with van der Waals surface area (Å²) in [6.07, 6.45) is 9.01. The van der Waals surface area contributed by atoms with Crippen LogP contribution < -0.4 is 5.73 Å². The highest BCUT2D eigenvalue weighted by Crippen LogP contribution is 2.26. The lowest BCUT2D eigenvalue weighted by molar-refractivity contribution is 0.642. The third-order valence-corrected chi connectivity index (χ3v) is 3.33. The first-order chi connectivity index (χ1) is 9.75. The molecule has 0 saturated carbocycles. The smallest absolute Gasteiger partial charge is 0.123 e. The van der Waals surface area contributed by atoms with E-state index in [4.69, 9.17) is 5.73 Å². The van der Waals surface area contributed by atoms with Crippen molar-refractivity contribution in [2.75, 3.05) is 5.73 Å². The molecule has 0 fully saturated rings. The Kier molecular flexibility index (Phi) is 3.16. The Morgan fingerprint density at radius 1 is 1.15 bits per heavy atom. The van der Waals surface area contributed by atoms with Gasteiger partial charge in [0, 0.05) is 24.2 Å². The van der Waals surface area contributed by atoms with Gasteiger partial charge in [-0.2, -0.15) is 0 Å². The number of pyridine rings is 2. The van der Waals surface area contributed by atoms with Crippen molar-refractivity contribution in [1.82, 2.24) is 19.5 Å². The van der Waals surface area contributed by atoms with Gasteiger partial charge in [-0.1, -0.05) is 6.07 Å². The number of aromatic nitrogens is 4. The number of anilines is 1. The van der Waals surface area contributed by atoms with Crippen LogP contribution in [0, 0.1) is 0 Å². The first kappa shape index (κ1) is 12.3. The van der Waals surface area contributed by atoms with Crippen LogP contribution in [0.1, 0.15) is 18.5 Å². The number of rotatable bonds is 3. The summed E-state index contributed by atoms with van der Waals surface area (Å²) in [5.74, 6) is 0.504. The second kappa shape index (κ2) is 5.13. The number of hydrogen-bond acceptors (Lipinski definition) is 4. The molecule has 0 spiro atoms. The van der Waals surface area contributed by atoms with Gasteiger partial charge < -0.3 is 10.3 Å². The van der Waals surface area contributed by atoms with Crippen molar-refractivity contribution in [2.45, 2.75) is 13.0 Å². The average Bonchev–Trinajstić information content (AvgIpc) is 2.97. The molecule has 100 valence electrons. The van der Waals surface area contributed by atoms with Crippen molar-refractivity contribution in [3.63, 3.8) is 0 Å². The largest absolute Gasteiger partial charge is 0.384 e. The Hall–Kier alpha value is -2.69. The van der Waals surface area contributed by atoms with E-state index in [1.807, 2.05) is 36.9 Å². The van der Waals surface area contributed by atoms with Gasteiger partial charge in [0.15, 0.2) is 0 Å². The van der Waals surface area contributed by atoms with E-state index in [0.717, 1.165) is 16.8 Å². The van der Waals surface area contributed by atoms with Crippen LogP contribution in [0.15, 0.2) is 55.4 Å². The van der Waals surface area contributed by atoms with Crippen LogP contribution >= 0.6 is 0 Å². The van der Waals surface area contributed by atoms with E-state index < -0.39 is 0 Å². The zero-order valence-electron chi connectivity index (χ0n) is 11.1. The summed E-state index contributed by atoms with van der Waals surface area (Å²) in [4.78, 5) is 12.4. The zero-order valence-corrected chi connectivity index (χ0v) is 11.1. The molecular weight excluding hydrogens is 250 g/mol. The van der Waals surface area contributed by atoms with Crippen LogP contribution in [-0.4, -0.2) is 19.5 Å². The third-order valence-electron chi connectivity index (χ3n) is 3.33. The number of nitrogen functional groups attached to an aromatic ring is 1. The van der Waals surface area contributed by atoms with Crippen molar-refractivity contribution >= 4 is 5.82 Å². The van der Waals surface area contributed by atoms with Gasteiger partial charge in [-0.25, -0.2) is 9.97 Å². The number of nitrogens with two attached hydrogens (primary N) is 1. The number of nitrogens with zero attached hydrogens (tertiary/aromatic N) is 4. The van der Waals surface area contributed by atoms with Gasteiger partial charge in [0.2, 0.25) is 0 Å². The normalized spacial score (nSPS) is 12.2. The molecule has 0 bridgehead atoms. The fourth-order valence-electron chi connectivity index (χ4n) is 2.23. The molecule has 1 unspecified atom stereocenters. The van der Waals surface area contributed by atoms with E-state index in [1.165, 1.54) is 0 Å². The molecule has 0 aromatic carbocycles. The molecular formula is C15H15N5. The van der Waals surface area contributed by atoms with Crippen molar-refractivity contribution in [3.05, 3.63) is 60.9 Å². The molecule has 0 radical (unpaired) electrons. The topological polar surface area (TPSA) is 69.6 Å². The highest BCUT2D eigenvalue weighted by atomic mass is 15.1. The summed E-state index contributed by atoms with van der Waals surface area (Å²) in [5.41, 5.74) is 8.90. The van der Waals surface area contributed by atoms with Gasteiger partial charge in [-0.05, 0) is 30.7 Å². The minimum absolute atomic E-state index is 0.149. The molecule has 3 aromatic rings. The summed E-state index contributed by atoms with van der Waals surface area (Å²) < 4.78 is 2.10. The summed E-state index contributed by atoms with van der Waals surface area (Å²) in [5, 5.41) is 0. The summed E-state index contributed by atoms with van der Waals surface area (Å²) >= 11 is 0. The second-order valence-electron chi connectivity index (χ2n) is 4.62. The molecule has 5 nitrogen and oxygen atoms in total. The first-order valence-corrected chi connectivity index (χ1v) is 6.39. The maximum Gasteiger partial charge on any atom is 0.123 e. The SMILES string of the molecule is CC(c1cccnc1)n1cncc1-c1ccnc(N)c1. The van der Waals surface area contributed by atoms with Crippen molar-refractivity contribution < 1.29 is 0 Å². The molecule has 1 atom stereocenters. The number of imidazole rings is 1. The van der Waals surface area contributed by atoms with Gasteiger partial charge in [-0.3, -0.25) is 4.98 Å². The highest BCUT2D eigenvalue weighted by molar-refractivity contribution is 5.62. The van der Waals surface area contributed by atoms with E-state index in [9.17, 15) is 0 Å². The average molecular weight is 265 g/mol. The van der Waals surface area contributed by atoms with Crippen LogP contribution in [0.4, 0.5) is 5.82 Å². The summed E-state index contributed by atoms with van der Waals surface area (Å²) in [6.45, 7) is 2.12. The molecule has 2 N–H and O–H groups in total. The van der Waals surface area contributed by atoms with Crippen LogP contribution in [0.2, 0.25) is 0 Å². The quantitative estimate of drug-likeness (QED) is 0.790. The molecule has 3 aromatic heterocycles. The summed E-state index contributed by atoms with van der Waals surface area (Å²) in [6, 6.07) is 7.93. The molecule has 0 aliphatic carbocycles. The lowest BCUT2D eigenvalue weighted by atomic mass is 10.1. The third kappa shape index (κ3) is 2.25. The molecule has 0 amide bonds. The van der Waals surface area contributed by atoms with Crippen LogP contribution in [0.5, 0.6) is 0 Å². The maximum atomic E-state index is 5.75. The Morgan fingerprint density at radius 2 is 2.05 bits per heavy atom. The molecule has 0 aliphatic rings. The van der Waals surface area contributed by atoms with Crippen LogP contribution in [0.25, 0.3) is 11.3 Å². The van der Waals surface area contributed by atoms with Gasteiger partial charge in [0.25, 0.3) is 0 Å². The fourth-order valence-corrected chi connectivity index (χ4v) is 2.23. The highest BCUT2D eigenvalue weighted by Gasteiger charge is 2.13. The fraction of sp³-hybridized carbons (Fsp3) is 0.133. The zero-order chi connectivity index (χ0) is 13.9. The van der Waals surface area contributed by atoms with E-state index in [1.54, 1.807) is 12.4 Å². The molecule has 3 heterocycles. The lowest BCUT2D eigenvalue weighted by Crippen LogP contribution is -2.07. The molecule has 20 heavy (non-hydrogen) atoms. The minimum Gasteiger partial charge on any atom is -0.384 e. The van der Waals surface area contributed by atoms with Gasteiger partial charge >= 0.3 is 0 Å². The first-order valence-electron chi connectivity index (χ1n) is 6.39. The Labute approximate surface area is 117 Å². The van der Waals surface area contributed by atoms with Crippen molar-refractivity contribution in [3.8, 4) is 11.3 Å². The van der Waals surface area contributed by atoms with E-state index >= 15 is 0 Å². The monoisotopic (exact) mass is 265 g/mol. The van der Waals surface area contributed by atoms with E-state index in [0.29, 0.717) is 5.82 Å².